The van der Waals surface area contributed by atoms with Gasteiger partial charge in [-0.2, -0.15) is 5.26 Å². The molecule has 25 heavy (non-hydrogen) atoms. The highest BCUT2D eigenvalue weighted by Crippen LogP contribution is 2.49. The molecule has 3 aliphatic carbocycles. The summed E-state index contributed by atoms with van der Waals surface area (Å²) in [4.78, 5) is 25.7. The first kappa shape index (κ1) is 16.3. The van der Waals surface area contributed by atoms with E-state index in [0.717, 1.165) is 37.7 Å². The minimum absolute atomic E-state index is 0.00516. The van der Waals surface area contributed by atoms with Crippen LogP contribution in [0.15, 0.2) is 12.2 Å². The van der Waals surface area contributed by atoms with E-state index >= 15 is 0 Å². The van der Waals surface area contributed by atoms with Crippen LogP contribution in [0.5, 0.6) is 0 Å². The van der Waals surface area contributed by atoms with Crippen molar-refractivity contribution in [2.45, 2.75) is 38.5 Å². The Morgan fingerprint density at radius 2 is 1.88 bits per heavy atom. The molecule has 1 fully saturated rings. The molecule has 1 aromatic heterocycles. The summed E-state index contributed by atoms with van der Waals surface area (Å²) in [6.45, 7) is 0. The number of hydrogen-bond acceptors (Lipinski definition) is 4. The zero-order chi connectivity index (χ0) is 17.6. The lowest BCUT2D eigenvalue weighted by atomic mass is 9.82. The van der Waals surface area contributed by atoms with E-state index in [9.17, 15) is 20.0 Å². The molecule has 2 bridgehead atoms. The molecule has 1 heterocycles. The molecule has 1 aromatic rings. The standard InChI is InChI=1S/C19H20N2O3S/c20-9-13-12-4-2-1-3-5-14(12)25-18(13)21-17(22)15-10-6-7-11(8-10)16(15)19(23)24/h6-7,10-11,15-16H,1-5,8H2,(H,21,22)(H,23,24)/t10-,11+,15+,16+/m1/s1. The van der Waals surface area contributed by atoms with Crippen LogP contribution in [0.1, 0.15) is 41.7 Å². The van der Waals surface area contributed by atoms with Crippen LogP contribution in [0.2, 0.25) is 0 Å². The van der Waals surface area contributed by atoms with Gasteiger partial charge in [-0.3, -0.25) is 9.59 Å². The van der Waals surface area contributed by atoms with E-state index in [-0.39, 0.29) is 17.7 Å². The van der Waals surface area contributed by atoms with Crippen molar-refractivity contribution in [2.24, 2.45) is 23.7 Å². The topological polar surface area (TPSA) is 90.2 Å². The van der Waals surface area contributed by atoms with Gasteiger partial charge in [0.2, 0.25) is 5.91 Å². The molecule has 2 N–H and O–H groups in total. The van der Waals surface area contributed by atoms with Gasteiger partial charge in [-0.1, -0.05) is 18.6 Å². The summed E-state index contributed by atoms with van der Waals surface area (Å²) in [7, 11) is 0. The van der Waals surface area contributed by atoms with Crippen molar-refractivity contribution in [1.29, 1.82) is 5.26 Å². The van der Waals surface area contributed by atoms with Crippen molar-refractivity contribution in [1.82, 2.24) is 0 Å². The predicted octanol–water partition coefficient (Wildman–Crippen LogP) is 3.35. The maximum atomic E-state index is 12.9. The summed E-state index contributed by atoms with van der Waals surface area (Å²) in [6.07, 6.45) is 9.85. The second kappa shape index (κ2) is 6.30. The molecule has 6 heteroatoms. The Morgan fingerprint density at radius 1 is 1.16 bits per heavy atom. The third-order valence-corrected chi connectivity index (χ3v) is 7.02. The maximum absolute atomic E-state index is 12.9. The number of allylic oxidation sites excluding steroid dienone is 2. The van der Waals surface area contributed by atoms with Gasteiger partial charge < -0.3 is 10.4 Å². The zero-order valence-corrected chi connectivity index (χ0v) is 14.6. The molecule has 0 unspecified atom stereocenters. The molecule has 0 radical (unpaired) electrons. The van der Waals surface area contributed by atoms with Gasteiger partial charge in [-0.15, -0.1) is 11.3 Å². The van der Waals surface area contributed by atoms with E-state index in [1.165, 1.54) is 22.6 Å². The van der Waals surface area contributed by atoms with Gasteiger partial charge in [0.25, 0.3) is 0 Å². The van der Waals surface area contributed by atoms with Crippen molar-refractivity contribution in [3.63, 3.8) is 0 Å². The third kappa shape index (κ3) is 2.67. The number of carbonyl (C=O) groups is 2. The number of nitriles is 1. The molecule has 1 saturated carbocycles. The molecule has 3 aliphatic rings. The van der Waals surface area contributed by atoms with Crippen molar-refractivity contribution in [3.8, 4) is 6.07 Å². The van der Waals surface area contributed by atoms with E-state index in [0.29, 0.717) is 10.6 Å². The van der Waals surface area contributed by atoms with Gasteiger partial charge in [0.15, 0.2) is 0 Å². The number of carbonyl (C=O) groups excluding carboxylic acids is 1. The maximum Gasteiger partial charge on any atom is 0.307 e. The van der Waals surface area contributed by atoms with Crippen molar-refractivity contribution < 1.29 is 14.7 Å². The number of hydrogen-bond donors (Lipinski definition) is 2. The molecule has 0 saturated heterocycles. The first-order valence-electron chi connectivity index (χ1n) is 8.86. The number of carboxylic acids is 1. The van der Waals surface area contributed by atoms with E-state index in [1.54, 1.807) is 0 Å². The summed E-state index contributed by atoms with van der Waals surface area (Å²) in [5.74, 6) is -2.40. The number of nitrogens with one attached hydrogen (secondary N) is 1. The highest BCUT2D eigenvalue weighted by atomic mass is 32.1. The molecule has 0 spiro atoms. The summed E-state index contributed by atoms with van der Waals surface area (Å²) in [6, 6.07) is 2.26. The summed E-state index contributed by atoms with van der Waals surface area (Å²) >= 11 is 1.50. The fraction of sp³-hybridized carbons (Fsp3) is 0.526. The van der Waals surface area contributed by atoms with Crippen LogP contribution >= 0.6 is 11.3 Å². The minimum Gasteiger partial charge on any atom is -0.481 e. The number of amides is 1. The Hall–Kier alpha value is -2.13. The average Bonchev–Trinajstić information content (AvgIpc) is 3.23. The van der Waals surface area contributed by atoms with Gasteiger partial charge in [0.1, 0.15) is 11.1 Å². The van der Waals surface area contributed by atoms with E-state index < -0.39 is 17.8 Å². The number of anilines is 1. The predicted molar refractivity (Wildman–Crippen MR) is 94.3 cm³/mol. The van der Waals surface area contributed by atoms with Crippen molar-refractivity contribution >= 4 is 28.2 Å². The number of aliphatic carboxylic acids is 1. The molecule has 4 atom stereocenters. The number of nitrogens with zero attached hydrogens (tertiary/aromatic N) is 1. The lowest BCUT2D eigenvalue weighted by Crippen LogP contribution is -2.36. The van der Waals surface area contributed by atoms with Gasteiger partial charge in [-0.25, -0.2) is 0 Å². The Morgan fingerprint density at radius 3 is 2.60 bits per heavy atom. The Labute approximate surface area is 150 Å². The van der Waals surface area contributed by atoms with E-state index in [4.69, 9.17) is 0 Å². The van der Waals surface area contributed by atoms with Crippen LogP contribution in [-0.4, -0.2) is 17.0 Å². The fourth-order valence-electron chi connectivity index (χ4n) is 4.66. The van der Waals surface area contributed by atoms with Crippen LogP contribution < -0.4 is 5.32 Å². The van der Waals surface area contributed by atoms with Crippen LogP contribution in [0.3, 0.4) is 0 Å². The van der Waals surface area contributed by atoms with Gasteiger partial charge in [-0.05, 0) is 49.5 Å². The molecular weight excluding hydrogens is 336 g/mol. The summed E-state index contributed by atoms with van der Waals surface area (Å²) in [5.41, 5.74) is 1.67. The Bertz CT molecular complexity index is 804. The van der Waals surface area contributed by atoms with Gasteiger partial charge in [0.05, 0.1) is 17.4 Å². The van der Waals surface area contributed by atoms with Crippen LogP contribution in [0, 0.1) is 35.0 Å². The monoisotopic (exact) mass is 356 g/mol. The van der Waals surface area contributed by atoms with E-state index in [1.807, 2.05) is 12.2 Å². The lowest BCUT2D eigenvalue weighted by Gasteiger charge is -2.23. The first-order valence-corrected chi connectivity index (χ1v) is 9.68. The molecule has 4 rings (SSSR count). The van der Waals surface area contributed by atoms with Crippen LogP contribution in [0.4, 0.5) is 5.00 Å². The lowest BCUT2D eigenvalue weighted by molar-refractivity contribution is -0.146. The number of aryl methyl sites for hydroxylation is 1. The van der Waals surface area contributed by atoms with Gasteiger partial charge >= 0.3 is 5.97 Å². The van der Waals surface area contributed by atoms with Crippen molar-refractivity contribution in [2.75, 3.05) is 5.32 Å². The fourth-order valence-corrected chi connectivity index (χ4v) is 5.90. The highest BCUT2D eigenvalue weighted by Gasteiger charge is 2.51. The molecule has 0 aromatic carbocycles. The van der Waals surface area contributed by atoms with Gasteiger partial charge in [0, 0.05) is 4.88 Å². The second-order valence-electron chi connectivity index (χ2n) is 7.21. The molecule has 1 amide bonds. The molecule has 0 aliphatic heterocycles. The Kier molecular flexibility index (Phi) is 4.12. The minimum atomic E-state index is -0.903. The zero-order valence-electron chi connectivity index (χ0n) is 13.8. The number of carboxylic acid groups (broad SMARTS) is 1. The summed E-state index contributed by atoms with van der Waals surface area (Å²) in [5, 5.41) is 22.6. The number of fused-ring (bicyclic) bond motifs is 3. The first-order chi connectivity index (χ1) is 12.1. The Balaban J connectivity index is 1.60. The summed E-state index contributed by atoms with van der Waals surface area (Å²) < 4.78 is 0. The van der Waals surface area contributed by atoms with Crippen LogP contribution in [-0.2, 0) is 22.4 Å². The SMILES string of the molecule is N#Cc1c(NC(=O)[C@@H]2[C@@H](C(=O)O)[C@H]3C=C[C@@H]2C3)sc2c1CCCCC2. The molecular formula is C19H20N2O3S. The number of thiophene rings is 1. The number of rotatable bonds is 3. The quantitative estimate of drug-likeness (QED) is 0.642. The smallest absolute Gasteiger partial charge is 0.307 e. The normalized spacial score (nSPS) is 29.7. The van der Waals surface area contributed by atoms with Crippen molar-refractivity contribution in [3.05, 3.63) is 28.2 Å². The third-order valence-electron chi connectivity index (χ3n) is 5.82. The van der Waals surface area contributed by atoms with Crippen LogP contribution in [0.25, 0.3) is 0 Å². The largest absolute Gasteiger partial charge is 0.481 e. The molecule has 130 valence electrons. The average molecular weight is 356 g/mol. The van der Waals surface area contributed by atoms with E-state index in [2.05, 4.69) is 11.4 Å². The highest BCUT2D eigenvalue weighted by molar-refractivity contribution is 7.16. The molecule has 5 nitrogen and oxygen atoms in total. The second-order valence-corrected chi connectivity index (χ2v) is 8.31.